The van der Waals surface area contributed by atoms with Gasteiger partial charge in [0.1, 0.15) is 11.3 Å². The molecule has 0 aliphatic heterocycles. The molecular weight excluding hydrogens is 364 g/mol. The number of aryl methyl sites for hydroxylation is 4. The van der Waals surface area contributed by atoms with E-state index in [0.29, 0.717) is 5.82 Å². The fraction of sp³-hybridized carbons (Fsp3) is 0.478. The van der Waals surface area contributed by atoms with Crippen LogP contribution in [0.5, 0.6) is 0 Å². The van der Waals surface area contributed by atoms with Crippen LogP contribution in [0.1, 0.15) is 56.1 Å². The van der Waals surface area contributed by atoms with Gasteiger partial charge in [-0.05, 0) is 56.6 Å². The molecule has 4 nitrogen and oxygen atoms in total. The number of pyridine rings is 1. The number of hydrogen-bond acceptors (Lipinski definition) is 4. The monoisotopic (exact) mass is 396 g/mol. The first-order valence-electron chi connectivity index (χ1n) is 10.4. The van der Waals surface area contributed by atoms with Gasteiger partial charge in [0.2, 0.25) is 0 Å². The fourth-order valence-corrected chi connectivity index (χ4v) is 4.50. The van der Waals surface area contributed by atoms with Crippen LogP contribution in [0.25, 0.3) is 11.0 Å². The van der Waals surface area contributed by atoms with Crippen molar-refractivity contribution < 1.29 is 0 Å². The second-order valence-electron chi connectivity index (χ2n) is 7.41. The van der Waals surface area contributed by atoms with E-state index >= 15 is 0 Å². The van der Waals surface area contributed by atoms with Crippen LogP contribution in [-0.2, 0) is 13.0 Å². The Labute approximate surface area is 173 Å². The largest absolute Gasteiger partial charge is 0.382 e. The molecule has 0 aliphatic carbocycles. The number of nitrogens with zero attached hydrogens (tertiary/aromatic N) is 3. The summed E-state index contributed by atoms with van der Waals surface area (Å²) in [4.78, 5) is 10.7. The van der Waals surface area contributed by atoms with Crippen LogP contribution in [-0.4, -0.2) is 20.3 Å². The van der Waals surface area contributed by atoms with Crippen molar-refractivity contribution in [2.24, 2.45) is 0 Å². The lowest BCUT2D eigenvalue weighted by atomic mass is 10.1. The summed E-state index contributed by atoms with van der Waals surface area (Å²) in [7, 11) is 0. The Bertz CT molecular complexity index is 902. The Morgan fingerprint density at radius 1 is 1.00 bits per heavy atom. The van der Waals surface area contributed by atoms with Gasteiger partial charge >= 0.3 is 0 Å². The Morgan fingerprint density at radius 2 is 1.79 bits per heavy atom. The quantitative estimate of drug-likeness (QED) is 0.340. The molecule has 28 heavy (non-hydrogen) atoms. The van der Waals surface area contributed by atoms with E-state index in [1.807, 2.05) is 18.7 Å². The van der Waals surface area contributed by atoms with Crippen molar-refractivity contribution in [2.45, 2.75) is 70.7 Å². The number of hydrogen-bond donors (Lipinski definition) is 1. The molecule has 2 aromatic heterocycles. The fourth-order valence-electron chi connectivity index (χ4n) is 3.57. The number of benzene rings is 1. The number of rotatable bonds is 10. The molecule has 0 saturated carbocycles. The van der Waals surface area contributed by atoms with Crippen LogP contribution in [0, 0.1) is 13.8 Å². The molecule has 150 valence electrons. The third kappa shape index (κ3) is 4.88. The number of anilines is 1. The van der Waals surface area contributed by atoms with Crippen LogP contribution in [0.3, 0.4) is 0 Å². The van der Waals surface area contributed by atoms with Crippen LogP contribution in [0.15, 0.2) is 35.2 Å². The van der Waals surface area contributed by atoms with Gasteiger partial charge in [-0.3, -0.25) is 0 Å². The maximum Gasteiger partial charge on any atom is 0.151 e. The molecule has 0 spiro atoms. The number of fused-ring (bicyclic) bond motifs is 1. The van der Waals surface area contributed by atoms with E-state index in [2.05, 4.69) is 53.7 Å². The van der Waals surface area contributed by atoms with Crippen LogP contribution >= 0.6 is 11.8 Å². The molecule has 0 aliphatic rings. The van der Waals surface area contributed by atoms with Crippen LogP contribution in [0.2, 0.25) is 0 Å². The number of thioether (sulfide) groups is 1. The Kier molecular flexibility index (Phi) is 7.37. The highest BCUT2D eigenvalue weighted by Gasteiger charge is 2.17. The molecule has 3 rings (SSSR count). The van der Waals surface area contributed by atoms with Gasteiger partial charge in [0.05, 0.1) is 5.52 Å². The van der Waals surface area contributed by atoms with Crippen molar-refractivity contribution in [1.29, 1.82) is 0 Å². The minimum absolute atomic E-state index is 0.564. The van der Waals surface area contributed by atoms with Crippen molar-refractivity contribution in [2.75, 3.05) is 11.5 Å². The second kappa shape index (κ2) is 9.97. The summed E-state index contributed by atoms with van der Waals surface area (Å²) >= 11 is 1.95. The topological polar surface area (TPSA) is 56.7 Å². The third-order valence-electron chi connectivity index (χ3n) is 5.27. The molecule has 0 unspecified atom stereocenters. The van der Waals surface area contributed by atoms with Crippen LogP contribution < -0.4 is 5.73 Å². The predicted octanol–water partition coefficient (Wildman–Crippen LogP) is 5.94. The molecule has 1 aromatic carbocycles. The molecule has 5 heteroatoms. The first-order valence-corrected chi connectivity index (χ1v) is 11.4. The zero-order chi connectivity index (χ0) is 19.9. The molecule has 0 fully saturated rings. The molecule has 0 atom stereocenters. The number of nitrogens with two attached hydrogens (primary N) is 1. The lowest BCUT2D eigenvalue weighted by Crippen LogP contribution is -2.06. The zero-order valence-corrected chi connectivity index (χ0v) is 18.2. The highest BCUT2D eigenvalue weighted by Crippen LogP contribution is 2.27. The van der Waals surface area contributed by atoms with Gasteiger partial charge in [-0.2, -0.15) is 0 Å². The minimum atomic E-state index is 0.564. The molecule has 0 amide bonds. The van der Waals surface area contributed by atoms with Crippen molar-refractivity contribution in [3.63, 3.8) is 0 Å². The SMILES string of the molecule is CCCCc1nc2c(N)nc(C)c(C)c2n1CCCCCSc1ccccc1. The number of unbranched alkanes of at least 4 members (excludes halogenated alkanes) is 3. The molecule has 0 saturated heterocycles. The zero-order valence-electron chi connectivity index (χ0n) is 17.4. The Balaban J connectivity index is 1.65. The average Bonchev–Trinajstić information content (AvgIpc) is 3.07. The van der Waals surface area contributed by atoms with Gasteiger partial charge < -0.3 is 10.3 Å². The van der Waals surface area contributed by atoms with Crippen molar-refractivity contribution in [1.82, 2.24) is 14.5 Å². The minimum Gasteiger partial charge on any atom is -0.382 e. The lowest BCUT2D eigenvalue weighted by molar-refractivity contribution is 0.584. The average molecular weight is 397 g/mol. The van der Waals surface area contributed by atoms with Gasteiger partial charge in [0, 0.05) is 23.6 Å². The van der Waals surface area contributed by atoms with E-state index in [9.17, 15) is 0 Å². The number of aromatic nitrogens is 3. The normalized spacial score (nSPS) is 11.4. The Hall–Kier alpha value is -2.01. The smallest absolute Gasteiger partial charge is 0.151 e. The molecule has 0 bridgehead atoms. The molecular formula is C23H32N4S. The van der Waals surface area contributed by atoms with E-state index in [0.717, 1.165) is 36.4 Å². The summed E-state index contributed by atoms with van der Waals surface area (Å²) in [6.45, 7) is 7.41. The van der Waals surface area contributed by atoms with Gasteiger partial charge in [0.15, 0.2) is 5.82 Å². The second-order valence-corrected chi connectivity index (χ2v) is 8.58. The maximum atomic E-state index is 6.20. The first kappa shape index (κ1) is 20.7. The van der Waals surface area contributed by atoms with Crippen molar-refractivity contribution in [3.8, 4) is 0 Å². The van der Waals surface area contributed by atoms with E-state index in [1.165, 1.54) is 47.4 Å². The van der Waals surface area contributed by atoms with Crippen LogP contribution in [0.4, 0.5) is 5.82 Å². The molecule has 0 radical (unpaired) electrons. The highest BCUT2D eigenvalue weighted by atomic mass is 32.2. The first-order chi connectivity index (χ1) is 13.6. The molecule has 2 heterocycles. The van der Waals surface area contributed by atoms with E-state index in [-0.39, 0.29) is 0 Å². The summed E-state index contributed by atoms with van der Waals surface area (Å²) in [5, 5.41) is 0. The summed E-state index contributed by atoms with van der Waals surface area (Å²) in [6.07, 6.45) is 6.96. The molecule has 2 N–H and O–H groups in total. The van der Waals surface area contributed by atoms with E-state index < -0.39 is 0 Å². The highest BCUT2D eigenvalue weighted by molar-refractivity contribution is 7.99. The standard InChI is InChI=1S/C23H32N4S/c1-4-5-14-20-26-21-22(17(2)18(3)25-23(21)24)27(20)15-10-7-11-16-28-19-12-8-6-9-13-19/h6,8-9,12-13H,4-5,7,10-11,14-16H2,1-3H3,(H2,24,25). The third-order valence-corrected chi connectivity index (χ3v) is 6.37. The summed E-state index contributed by atoms with van der Waals surface area (Å²) in [5.41, 5.74) is 10.5. The van der Waals surface area contributed by atoms with E-state index in [1.54, 1.807) is 0 Å². The van der Waals surface area contributed by atoms with Gasteiger partial charge in [-0.15, -0.1) is 11.8 Å². The molecule has 3 aromatic rings. The summed E-state index contributed by atoms with van der Waals surface area (Å²) in [6, 6.07) is 10.7. The van der Waals surface area contributed by atoms with Crippen molar-refractivity contribution in [3.05, 3.63) is 47.4 Å². The number of nitrogen functional groups attached to an aromatic ring is 1. The Morgan fingerprint density at radius 3 is 2.54 bits per heavy atom. The summed E-state index contributed by atoms with van der Waals surface area (Å²) < 4.78 is 2.41. The van der Waals surface area contributed by atoms with E-state index in [4.69, 9.17) is 10.7 Å². The lowest BCUT2D eigenvalue weighted by Gasteiger charge is -2.12. The van der Waals surface area contributed by atoms with Gasteiger partial charge in [-0.1, -0.05) is 38.0 Å². The predicted molar refractivity (Wildman–Crippen MR) is 121 cm³/mol. The van der Waals surface area contributed by atoms with Crippen molar-refractivity contribution >= 4 is 28.6 Å². The van der Waals surface area contributed by atoms with Gasteiger partial charge in [0.25, 0.3) is 0 Å². The summed E-state index contributed by atoms with van der Waals surface area (Å²) in [5.74, 6) is 2.90. The van der Waals surface area contributed by atoms with Gasteiger partial charge in [-0.25, -0.2) is 9.97 Å². The number of imidazole rings is 1. The maximum absolute atomic E-state index is 6.20.